The molecule has 0 aliphatic heterocycles. The molecule has 3 rings (SSSR count). The van der Waals surface area contributed by atoms with E-state index in [4.69, 9.17) is 4.74 Å². The third-order valence-electron chi connectivity index (χ3n) is 3.44. The number of nitrogens with one attached hydrogen (secondary N) is 1. The van der Waals surface area contributed by atoms with Gasteiger partial charge in [0, 0.05) is 16.5 Å². The molecule has 4 nitrogen and oxygen atoms in total. The van der Waals surface area contributed by atoms with E-state index in [9.17, 15) is 9.18 Å². The Hall–Kier alpha value is -2.73. The average molecular weight is 342 g/mol. The maximum atomic E-state index is 13.2. The summed E-state index contributed by atoms with van der Waals surface area (Å²) in [5.41, 5.74) is 2.92. The van der Waals surface area contributed by atoms with Crippen LogP contribution in [0.1, 0.15) is 15.9 Å². The van der Waals surface area contributed by atoms with Gasteiger partial charge in [-0.25, -0.2) is 9.37 Å². The molecule has 0 radical (unpaired) electrons. The van der Waals surface area contributed by atoms with Crippen LogP contribution in [0.2, 0.25) is 0 Å². The zero-order valence-corrected chi connectivity index (χ0v) is 14.0. The molecule has 24 heavy (non-hydrogen) atoms. The van der Waals surface area contributed by atoms with E-state index in [-0.39, 0.29) is 5.56 Å². The number of carbonyl (C=O) groups is 1. The second kappa shape index (κ2) is 6.80. The van der Waals surface area contributed by atoms with Crippen molar-refractivity contribution >= 4 is 22.4 Å². The van der Waals surface area contributed by atoms with Gasteiger partial charge in [0.2, 0.25) is 0 Å². The summed E-state index contributed by atoms with van der Waals surface area (Å²) >= 11 is 1.30. The number of hydrogen-bond acceptors (Lipinski definition) is 4. The Morgan fingerprint density at radius 1 is 1.25 bits per heavy atom. The van der Waals surface area contributed by atoms with Crippen molar-refractivity contribution in [1.82, 2.24) is 4.98 Å². The summed E-state index contributed by atoms with van der Waals surface area (Å²) in [5, 5.41) is 4.98. The minimum Gasteiger partial charge on any atom is -0.496 e. The summed E-state index contributed by atoms with van der Waals surface area (Å²) in [6.45, 7) is 1.99. The van der Waals surface area contributed by atoms with Gasteiger partial charge in [-0.1, -0.05) is 17.7 Å². The van der Waals surface area contributed by atoms with Crippen LogP contribution in [0.4, 0.5) is 9.52 Å². The van der Waals surface area contributed by atoms with Crippen molar-refractivity contribution in [3.8, 4) is 17.0 Å². The van der Waals surface area contributed by atoms with Crippen LogP contribution in [-0.4, -0.2) is 18.0 Å². The number of benzene rings is 2. The zero-order valence-electron chi connectivity index (χ0n) is 13.2. The molecule has 0 fully saturated rings. The summed E-state index contributed by atoms with van der Waals surface area (Å²) in [7, 11) is 1.60. The molecular weight excluding hydrogens is 327 g/mol. The number of hydrogen-bond donors (Lipinski definition) is 1. The fourth-order valence-electron chi connectivity index (χ4n) is 2.28. The maximum absolute atomic E-state index is 13.2. The van der Waals surface area contributed by atoms with E-state index in [2.05, 4.69) is 10.3 Å². The van der Waals surface area contributed by atoms with Crippen molar-refractivity contribution in [2.75, 3.05) is 12.4 Å². The average Bonchev–Trinajstić information content (AvgIpc) is 3.03. The van der Waals surface area contributed by atoms with Gasteiger partial charge in [0.15, 0.2) is 5.13 Å². The largest absolute Gasteiger partial charge is 0.496 e. The smallest absolute Gasteiger partial charge is 0.257 e. The highest BCUT2D eigenvalue weighted by Crippen LogP contribution is 2.33. The van der Waals surface area contributed by atoms with Gasteiger partial charge in [0.05, 0.1) is 12.8 Å². The van der Waals surface area contributed by atoms with E-state index < -0.39 is 11.7 Å². The van der Waals surface area contributed by atoms with Gasteiger partial charge in [0.1, 0.15) is 11.6 Å². The van der Waals surface area contributed by atoms with Gasteiger partial charge < -0.3 is 4.74 Å². The molecule has 2 aromatic carbocycles. The van der Waals surface area contributed by atoms with E-state index in [0.29, 0.717) is 10.9 Å². The molecule has 1 N–H and O–H groups in total. The highest BCUT2D eigenvalue weighted by atomic mass is 32.1. The van der Waals surface area contributed by atoms with Crippen molar-refractivity contribution < 1.29 is 13.9 Å². The summed E-state index contributed by atoms with van der Waals surface area (Å²) in [4.78, 5) is 16.6. The number of thiazole rings is 1. The SMILES string of the molecule is COc1ccc(C)cc1-c1csc(NC(=O)c2cccc(F)c2)n1. The summed E-state index contributed by atoms with van der Waals surface area (Å²) in [6.07, 6.45) is 0. The summed E-state index contributed by atoms with van der Waals surface area (Å²) < 4.78 is 18.6. The Kier molecular flexibility index (Phi) is 4.57. The Morgan fingerprint density at radius 3 is 2.83 bits per heavy atom. The van der Waals surface area contributed by atoms with Crippen molar-refractivity contribution in [2.24, 2.45) is 0 Å². The first-order valence-corrected chi connectivity index (χ1v) is 8.12. The molecule has 1 aromatic heterocycles. The Balaban J connectivity index is 1.84. The predicted octanol–water partition coefficient (Wildman–Crippen LogP) is 4.52. The molecular formula is C18H15FN2O2S. The van der Waals surface area contributed by atoms with E-state index in [1.165, 1.54) is 29.5 Å². The van der Waals surface area contributed by atoms with Gasteiger partial charge in [-0.3, -0.25) is 10.1 Å². The van der Waals surface area contributed by atoms with E-state index >= 15 is 0 Å². The van der Waals surface area contributed by atoms with Crippen LogP contribution in [-0.2, 0) is 0 Å². The number of rotatable bonds is 4. The van der Waals surface area contributed by atoms with Crippen LogP contribution < -0.4 is 10.1 Å². The first-order chi connectivity index (χ1) is 11.6. The van der Waals surface area contributed by atoms with E-state index in [1.54, 1.807) is 13.2 Å². The van der Waals surface area contributed by atoms with E-state index in [1.807, 2.05) is 30.5 Å². The second-order valence-electron chi connectivity index (χ2n) is 5.21. The molecule has 0 aliphatic carbocycles. The highest BCUT2D eigenvalue weighted by molar-refractivity contribution is 7.14. The minimum atomic E-state index is -0.452. The number of halogens is 1. The van der Waals surface area contributed by atoms with Crippen LogP contribution >= 0.6 is 11.3 Å². The van der Waals surface area contributed by atoms with Gasteiger partial charge in [-0.2, -0.15) is 0 Å². The monoisotopic (exact) mass is 342 g/mol. The fourth-order valence-corrected chi connectivity index (χ4v) is 2.98. The normalized spacial score (nSPS) is 10.5. The number of carbonyl (C=O) groups excluding carboxylic acids is 1. The molecule has 0 unspecified atom stereocenters. The lowest BCUT2D eigenvalue weighted by atomic mass is 10.1. The van der Waals surface area contributed by atoms with E-state index in [0.717, 1.165) is 16.8 Å². The molecule has 0 saturated carbocycles. The molecule has 0 atom stereocenters. The fraction of sp³-hybridized carbons (Fsp3) is 0.111. The van der Waals surface area contributed by atoms with Gasteiger partial charge >= 0.3 is 0 Å². The third kappa shape index (κ3) is 3.44. The lowest BCUT2D eigenvalue weighted by molar-refractivity contribution is 0.102. The number of anilines is 1. The van der Waals surface area contributed by atoms with Crippen LogP contribution in [0.3, 0.4) is 0 Å². The number of ether oxygens (including phenoxy) is 1. The maximum Gasteiger partial charge on any atom is 0.257 e. The first kappa shape index (κ1) is 16.1. The molecule has 6 heteroatoms. The summed E-state index contributed by atoms with van der Waals surface area (Å²) in [5.74, 6) is -0.132. The molecule has 0 spiro atoms. The molecule has 3 aromatic rings. The molecule has 122 valence electrons. The Labute approximate surface area is 142 Å². The number of nitrogens with zero attached hydrogens (tertiary/aromatic N) is 1. The number of amides is 1. The van der Waals surface area contributed by atoms with Crippen LogP contribution in [0.5, 0.6) is 5.75 Å². The third-order valence-corrected chi connectivity index (χ3v) is 4.20. The van der Waals surface area contributed by atoms with Crippen molar-refractivity contribution in [2.45, 2.75) is 6.92 Å². The molecule has 0 bridgehead atoms. The molecule has 1 heterocycles. The number of aromatic nitrogens is 1. The highest BCUT2D eigenvalue weighted by Gasteiger charge is 2.13. The van der Waals surface area contributed by atoms with Gasteiger partial charge in [-0.15, -0.1) is 11.3 Å². The van der Waals surface area contributed by atoms with Crippen molar-refractivity contribution in [3.63, 3.8) is 0 Å². The standard InChI is InChI=1S/C18H15FN2O2S/c1-11-6-7-16(23-2)14(8-11)15-10-24-18(20-15)21-17(22)12-4-3-5-13(19)9-12/h3-10H,1-2H3,(H,20,21,22). The number of aryl methyl sites for hydroxylation is 1. The van der Waals surface area contributed by atoms with Crippen LogP contribution in [0, 0.1) is 12.7 Å². The topological polar surface area (TPSA) is 51.2 Å². The summed E-state index contributed by atoms with van der Waals surface area (Å²) in [6, 6.07) is 11.4. The Bertz CT molecular complexity index is 892. The zero-order chi connectivity index (χ0) is 17.1. The lowest BCUT2D eigenvalue weighted by Crippen LogP contribution is -2.11. The number of methoxy groups -OCH3 is 1. The molecule has 0 aliphatic rings. The quantitative estimate of drug-likeness (QED) is 0.758. The predicted molar refractivity (Wildman–Crippen MR) is 93.2 cm³/mol. The van der Waals surface area contributed by atoms with Crippen LogP contribution in [0.15, 0.2) is 47.8 Å². The van der Waals surface area contributed by atoms with Gasteiger partial charge in [0.25, 0.3) is 5.91 Å². The van der Waals surface area contributed by atoms with Crippen molar-refractivity contribution in [1.29, 1.82) is 0 Å². The molecule has 1 amide bonds. The lowest BCUT2D eigenvalue weighted by Gasteiger charge is -2.07. The minimum absolute atomic E-state index is 0.250. The first-order valence-electron chi connectivity index (χ1n) is 7.24. The second-order valence-corrected chi connectivity index (χ2v) is 6.06. The Morgan fingerprint density at radius 2 is 2.08 bits per heavy atom. The van der Waals surface area contributed by atoms with Gasteiger partial charge in [-0.05, 0) is 37.3 Å². The van der Waals surface area contributed by atoms with Crippen LogP contribution in [0.25, 0.3) is 11.3 Å². The van der Waals surface area contributed by atoms with Crippen molar-refractivity contribution in [3.05, 3.63) is 64.8 Å². The molecule has 0 saturated heterocycles.